The van der Waals surface area contributed by atoms with E-state index in [4.69, 9.17) is 5.26 Å². The molecule has 0 fully saturated rings. The van der Waals surface area contributed by atoms with Crippen LogP contribution < -0.4 is 5.32 Å². The Balaban J connectivity index is 2.51. The summed E-state index contributed by atoms with van der Waals surface area (Å²) in [6.07, 6.45) is 1.03. The van der Waals surface area contributed by atoms with Gasteiger partial charge in [-0.15, -0.1) is 0 Å². The number of aromatic nitrogens is 2. The predicted octanol–water partition coefficient (Wildman–Crippen LogP) is 2.08. The van der Waals surface area contributed by atoms with Crippen LogP contribution in [0.25, 0.3) is 0 Å². The Labute approximate surface area is 107 Å². The second-order valence-corrected chi connectivity index (χ2v) is 4.87. The lowest BCUT2D eigenvalue weighted by Crippen LogP contribution is -2.30. The average molecular weight is 250 g/mol. The highest BCUT2D eigenvalue weighted by atomic mass is 32.2. The summed E-state index contributed by atoms with van der Waals surface area (Å²) >= 11 is 1.52. The smallest absolute Gasteiger partial charge is 0.188 e. The van der Waals surface area contributed by atoms with Gasteiger partial charge in [0.15, 0.2) is 5.16 Å². The first-order chi connectivity index (χ1) is 8.15. The van der Waals surface area contributed by atoms with Gasteiger partial charge in [-0.1, -0.05) is 18.7 Å². The summed E-state index contributed by atoms with van der Waals surface area (Å²) in [5.74, 6) is 0.680. The van der Waals surface area contributed by atoms with E-state index in [9.17, 15) is 0 Å². The number of hydrogen-bond donors (Lipinski definition) is 1. The molecule has 0 aliphatic heterocycles. The molecule has 17 heavy (non-hydrogen) atoms. The summed E-state index contributed by atoms with van der Waals surface area (Å²) in [5, 5.41) is 12.9. The first-order valence-electron chi connectivity index (χ1n) is 5.73. The second kappa shape index (κ2) is 7.25. The number of nitrogens with one attached hydrogen (secondary N) is 1. The maximum Gasteiger partial charge on any atom is 0.188 e. The summed E-state index contributed by atoms with van der Waals surface area (Å²) in [6, 6.07) is 4.06. The highest BCUT2D eigenvalue weighted by Gasteiger charge is 2.08. The van der Waals surface area contributed by atoms with E-state index in [0.29, 0.717) is 5.75 Å². The molecular formula is C12H18N4S. The van der Waals surface area contributed by atoms with Crippen LogP contribution in [0.2, 0.25) is 0 Å². The van der Waals surface area contributed by atoms with Crippen LogP contribution in [0.1, 0.15) is 24.7 Å². The molecule has 0 radical (unpaired) electrons. The Morgan fingerprint density at radius 2 is 2.06 bits per heavy atom. The van der Waals surface area contributed by atoms with Crippen molar-refractivity contribution in [2.24, 2.45) is 0 Å². The van der Waals surface area contributed by atoms with Gasteiger partial charge in [-0.25, -0.2) is 9.97 Å². The molecule has 92 valence electrons. The molecule has 1 N–H and O–H groups in total. The quantitative estimate of drug-likeness (QED) is 0.618. The zero-order chi connectivity index (χ0) is 12.7. The Kier molecular flexibility index (Phi) is 5.95. The van der Waals surface area contributed by atoms with Crippen molar-refractivity contribution in [3.63, 3.8) is 0 Å². The van der Waals surface area contributed by atoms with Crippen LogP contribution in [0.3, 0.4) is 0 Å². The predicted molar refractivity (Wildman–Crippen MR) is 69.9 cm³/mol. The lowest BCUT2D eigenvalue weighted by molar-refractivity contribution is 0.637. The van der Waals surface area contributed by atoms with Gasteiger partial charge >= 0.3 is 0 Å². The van der Waals surface area contributed by atoms with E-state index in [-0.39, 0.29) is 6.04 Å². The summed E-state index contributed by atoms with van der Waals surface area (Å²) in [7, 11) is 0. The van der Waals surface area contributed by atoms with E-state index in [0.717, 1.165) is 29.5 Å². The molecule has 0 aromatic carbocycles. The van der Waals surface area contributed by atoms with Crippen LogP contribution in [0.15, 0.2) is 11.2 Å². The van der Waals surface area contributed by atoms with Crippen LogP contribution in [-0.2, 0) is 0 Å². The highest BCUT2D eigenvalue weighted by molar-refractivity contribution is 7.99. The monoisotopic (exact) mass is 250 g/mol. The van der Waals surface area contributed by atoms with E-state index in [1.165, 1.54) is 11.8 Å². The van der Waals surface area contributed by atoms with Crippen molar-refractivity contribution < 1.29 is 0 Å². The van der Waals surface area contributed by atoms with Gasteiger partial charge in [0.2, 0.25) is 0 Å². The van der Waals surface area contributed by atoms with Gasteiger partial charge in [-0.05, 0) is 32.9 Å². The largest absolute Gasteiger partial charge is 0.301 e. The van der Waals surface area contributed by atoms with Crippen molar-refractivity contribution >= 4 is 11.8 Å². The molecule has 0 spiro atoms. The molecule has 4 nitrogen and oxygen atoms in total. The first kappa shape index (κ1) is 13.9. The molecule has 1 aromatic rings. The minimum absolute atomic E-state index is 0.135. The number of thioether (sulfide) groups is 1. The number of nitriles is 1. The maximum atomic E-state index is 8.97. The third-order valence-electron chi connectivity index (χ3n) is 2.14. The molecule has 0 amide bonds. The topological polar surface area (TPSA) is 61.6 Å². The molecule has 1 rings (SSSR count). The Bertz CT molecular complexity index is 380. The van der Waals surface area contributed by atoms with Crippen molar-refractivity contribution in [3.05, 3.63) is 17.5 Å². The zero-order valence-electron chi connectivity index (χ0n) is 10.5. The third-order valence-corrected chi connectivity index (χ3v) is 3.08. The minimum Gasteiger partial charge on any atom is -0.301 e. The van der Waals surface area contributed by atoms with E-state index in [1.807, 2.05) is 19.9 Å². The van der Waals surface area contributed by atoms with Gasteiger partial charge < -0.3 is 5.32 Å². The molecule has 0 bridgehead atoms. The van der Waals surface area contributed by atoms with Gasteiger partial charge in [0, 0.05) is 17.1 Å². The summed E-state index contributed by atoms with van der Waals surface area (Å²) in [6.45, 7) is 6.86. The number of aryl methyl sites for hydroxylation is 2. The average Bonchev–Trinajstić information content (AvgIpc) is 2.28. The van der Waals surface area contributed by atoms with Gasteiger partial charge in [-0.2, -0.15) is 5.26 Å². The molecular weight excluding hydrogens is 232 g/mol. The van der Waals surface area contributed by atoms with Gasteiger partial charge in [0.1, 0.15) is 6.04 Å². The fraction of sp³-hybridized carbons (Fsp3) is 0.583. The van der Waals surface area contributed by atoms with Gasteiger partial charge in [-0.3, -0.25) is 0 Å². The van der Waals surface area contributed by atoms with Crippen molar-refractivity contribution in [2.45, 2.75) is 38.4 Å². The Hall–Kier alpha value is -1.12. The molecule has 5 heteroatoms. The molecule has 1 heterocycles. The number of rotatable bonds is 6. The minimum atomic E-state index is -0.135. The molecule has 0 aliphatic rings. The highest BCUT2D eigenvalue weighted by Crippen LogP contribution is 2.14. The fourth-order valence-corrected chi connectivity index (χ4v) is 2.30. The maximum absolute atomic E-state index is 8.97. The Morgan fingerprint density at radius 3 is 2.59 bits per heavy atom. The lowest BCUT2D eigenvalue weighted by atomic mass is 10.3. The van der Waals surface area contributed by atoms with Crippen LogP contribution in [0.5, 0.6) is 0 Å². The van der Waals surface area contributed by atoms with E-state index < -0.39 is 0 Å². The van der Waals surface area contributed by atoms with E-state index >= 15 is 0 Å². The number of hydrogen-bond acceptors (Lipinski definition) is 5. The zero-order valence-corrected chi connectivity index (χ0v) is 11.3. The third kappa shape index (κ3) is 5.16. The van der Waals surface area contributed by atoms with Gasteiger partial charge in [0.05, 0.1) is 6.07 Å². The number of nitrogens with zero attached hydrogens (tertiary/aromatic N) is 3. The van der Waals surface area contributed by atoms with Crippen LogP contribution in [0.4, 0.5) is 0 Å². The van der Waals surface area contributed by atoms with Crippen molar-refractivity contribution in [1.29, 1.82) is 5.26 Å². The molecule has 1 aromatic heterocycles. The van der Waals surface area contributed by atoms with Crippen molar-refractivity contribution in [3.8, 4) is 6.07 Å². The van der Waals surface area contributed by atoms with Crippen LogP contribution in [-0.4, -0.2) is 28.3 Å². The van der Waals surface area contributed by atoms with Crippen LogP contribution >= 0.6 is 11.8 Å². The molecule has 1 unspecified atom stereocenters. The second-order valence-electron chi connectivity index (χ2n) is 3.88. The van der Waals surface area contributed by atoms with E-state index in [2.05, 4.69) is 28.3 Å². The van der Waals surface area contributed by atoms with Crippen molar-refractivity contribution in [2.75, 3.05) is 12.3 Å². The molecule has 0 saturated heterocycles. The first-order valence-corrected chi connectivity index (χ1v) is 6.72. The SMILES string of the molecule is CCCNC(C#N)CSc1nc(C)cc(C)n1. The lowest BCUT2D eigenvalue weighted by Gasteiger charge is -2.09. The summed E-state index contributed by atoms with van der Waals surface area (Å²) < 4.78 is 0. The normalized spacial score (nSPS) is 12.1. The van der Waals surface area contributed by atoms with E-state index in [1.54, 1.807) is 0 Å². The fourth-order valence-electron chi connectivity index (χ4n) is 1.38. The molecule has 1 atom stereocenters. The van der Waals surface area contributed by atoms with Crippen LogP contribution in [0, 0.1) is 25.2 Å². The molecule has 0 saturated carbocycles. The Morgan fingerprint density at radius 1 is 1.41 bits per heavy atom. The van der Waals surface area contributed by atoms with Gasteiger partial charge in [0.25, 0.3) is 0 Å². The summed E-state index contributed by atoms with van der Waals surface area (Å²) in [5.41, 5.74) is 1.94. The molecule has 0 aliphatic carbocycles. The standard InChI is InChI=1S/C12H18N4S/c1-4-5-14-11(7-13)8-17-12-15-9(2)6-10(3)16-12/h6,11,14H,4-5,8H2,1-3H3. The summed E-state index contributed by atoms with van der Waals surface area (Å²) in [4.78, 5) is 8.67. The van der Waals surface area contributed by atoms with Crippen molar-refractivity contribution in [1.82, 2.24) is 15.3 Å².